The summed E-state index contributed by atoms with van der Waals surface area (Å²) in [4.78, 5) is 28.3. The van der Waals surface area contributed by atoms with Crippen molar-refractivity contribution in [2.45, 2.75) is 77.4 Å². The van der Waals surface area contributed by atoms with E-state index in [4.69, 9.17) is 11.6 Å². The highest BCUT2D eigenvalue weighted by Crippen LogP contribution is 2.28. The van der Waals surface area contributed by atoms with Crippen molar-refractivity contribution in [2.75, 3.05) is 17.1 Å². The van der Waals surface area contributed by atoms with Gasteiger partial charge in [-0.1, -0.05) is 65.0 Å². The predicted molar refractivity (Wildman–Crippen MR) is 157 cm³/mol. The summed E-state index contributed by atoms with van der Waals surface area (Å²) in [6, 6.07) is 12.3. The number of carbonyl (C=O) groups is 2. The second kappa shape index (κ2) is 13.8. The molecule has 3 rings (SSSR count). The molecule has 1 fully saturated rings. The third-order valence-electron chi connectivity index (χ3n) is 7.02. The summed E-state index contributed by atoms with van der Waals surface area (Å²) in [5.41, 5.74) is 2.06. The van der Waals surface area contributed by atoms with E-state index in [9.17, 15) is 18.0 Å². The van der Waals surface area contributed by atoms with Crippen LogP contribution < -0.4 is 9.62 Å². The first kappa shape index (κ1) is 30.4. The number of hydrogen-bond acceptors (Lipinski definition) is 4. The van der Waals surface area contributed by atoms with Crippen molar-refractivity contribution < 1.29 is 18.0 Å². The minimum absolute atomic E-state index is 0.0979. The number of sulfonamides is 1. The van der Waals surface area contributed by atoms with Gasteiger partial charge in [0.15, 0.2) is 0 Å². The molecule has 1 saturated carbocycles. The average Bonchev–Trinajstić information content (AvgIpc) is 2.86. The first-order chi connectivity index (χ1) is 18.0. The zero-order valence-electron chi connectivity index (χ0n) is 22.3. The molecule has 1 aliphatic rings. The van der Waals surface area contributed by atoms with Crippen LogP contribution in [0.4, 0.5) is 5.69 Å². The van der Waals surface area contributed by atoms with Gasteiger partial charge in [-0.25, -0.2) is 8.42 Å². The van der Waals surface area contributed by atoms with Crippen molar-refractivity contribution in [1.29, 1.82) is 0 Å². The van der Waals surface area contributed by atoms with Crippen molar-refractivity contribution in [3.05, 3.63) is 63.1 Å². The number of nitrogens with zero attached hydrogens (tertiary/aromatic N) is 2. The van der Waals surface area contributed by atoms with Crippen LogP contribution >= 0.6 is 27.5 Å². The van der Waals surface area contributed by atoms with Crippen molar-refractivity contribution in [3.8, 4) is 0 Å². The first-order valence-electron chi connectivity index (χ1n) is 13.0. The van der Waals surface area contributed by atoms with Crippen LogP contribution in [0.5, 0.6) is 0 Å². The van der Waals surface area contributed by atoms with Gasteiger partial charge in [0.25, 0.3) is 0 Å². The van der Waals surface area contributed by atoms with E-state index in [0.29, 0.717) is 22.7 Å². The lowest BCUT2D eigenvalue weighted by atomic mass is 9.95. The maximum atomic E-state index is 13.5. The Morgan fingerprint density at radius 2 is 1.82 bits per heavy atom. The highest BCUT2D eigenvalue weighted by molar-refractivity contribution is 9.10. The number of anilines is 1. The number of carbonyl (C=O) groups excluding carboxylic acids is 2. The van der Waals surface area contributed by atoms with E-state index in [1.807, 2.05) is 24.3 Å². The molecule has 0 saturated heterocycles. The summed E-state index contributed by atoms with van der Waals surface area (Å²) in [5.74, 6) is -0.361. The minimum Gasteiger partial charge on any atom is -0.352 e. The zero-order chi connectivity index (χ0) is 27.9. The summed E-state index contributed by atoms with van der Waals surface area (Å²) in [6.45, 7) is 3.93. The first-order valence-corrected chi connectivity index (χ1v) is 16.1. The number of hydrogen-bond donors (Lipinski definition) is 1. The summed E-state index contributed by atoms with van der Waals surface area (Å²) >= 11 is 9.71. The van der Waals surface area contributed by atoms with Gasteiger partial charge in [0.2, 0.25) is 21.8 Å². The molecule has 0 unspecified atom stereocenters. The second-order valence-electron chi connectivity index (χ2n) is 9.99. The molecule has 0 aliphatic heterocycles. The van der Waals surface area contributed by atoms with Gasteiger partial charge < -0.3 is 10.2 Å². The summed E-state index contributed by atoms with van der Waals surface area (Å²) in [6.07, 6.45) is 6.85. The fourth-order valence-corrected chi connectivity index (χ4v) is 6.46. The number of nitrogens with one attached hydrogen (secondary N) is 1. The number of benzene rings is 2. The lowest BCUT2D eigenvalue weighted by Gasteiger charge is -2.31. The van der Waals surface area contributed by atoms with Crippen molar-refractivity contribution in [1.82, 2.24) is 10.2 Å². The van der Waals surface area contributed by atoms with Crippen molar-refractivity contribution in [3.63, 3.8) is 0 Å². The van der Waals surface area contributed by atoms with E-state index in [1.54, 1.807) is 36.9 Å². The summed E-state index contributed by atoms with van der Waals surface area (Å²) in [7, 11) is -3.59. The lowest BCUT2D eigenvalue weighted by molar-refractivity contribution is -0.141. The van der Waals surface area contributed by atoms with Gasteiger partial charge in [0.05, 0.1) is 11.9 Å². The van der Waals surface area contributed by atoms with Crippen LogP contribution in [-0.4, -0.2) is 50.0 Å². The molecule has 38 heavy (non-hydrogen) atoms. The van der Waals surface area contributed by atoms with Crippen LogP contribution in [0.3, 0.4) is 0 Å². The van der Waals surface area contributed by atoms with Crippen LogP contribution in [0.1, 0.15) is 63.0 Å². The topological polar surface area (TPSA) is 86.8 Å². The van der Waals surface area contributed by atoms with Crippen LogP contribution in [-0.2, 0) is 26.2 Å². The molecule has 208 valence electrons. The smallest absolute Gasteiger partial charge is 0.242 e. The molecule has 0 heterocycles. The van der Waals surface area contributed by atoms with Gasteiger partial charge in [0, 0.05) is 35.0 Å². The molecule has 1 N–H and O–H groups in total. The monoisotopic (exact) mass is 625 g/mol. The molecular formula is C28H37BrClN3O4S. The molecule has 0 radical (unpaired) electrons. The Morgan fingerprint density at radius 3 is 2.47 bits per heavy atom. The molecule has 0 spiro atoms. The van der Waals surface area contributed by atoms with Crippen LogP contribution in [0, 0.1) is 6.92 Å². The minimum atomic E-state index is -3.59. The molecule has 0 bridgehead atoms. The van der Waals surface area contributed by atoms with Gasteiger partial charge in [-0.2, -0.15) is 0 Å². The standard InChI is InChI=1S/C28H37BrClN3O4S/c1-20-25(30)14-8-15-26(20)33(38(3,36)37)17-9-16-27(34)32(19-22-10-7-11-23(29)18-22)21(2)28(35)31-24-12-5-4-6-13-24/h7-8,10-11,14-15,18,21,24H,4-6,9,12-13,16-17,19H2,1-3H3,(H,31,35)/t21-/m1/s1. The van der Waals surface area contributed by atoms with Crippen LogP contribution in [0.25, 0.3) is 0 Å². The predicted octanol–water partition coefficient (Wildman–Crippen LogP) is 5.82. The maximum Gasteiger partial charge on any atom is 0.242 e. The van der Waals surface area contributed by atoms with Gasteiger partial charge in [0.1, 0.15) is 6.04 Å². The normalized spacial score (nSPS) is 15.1. The maximum absolute atomic E-state index is 13.5. The van der Waals surface area contributed by atoms with E-state index >= 15 is 0 Å². The number of halogens is 2. The van der Waals surface area contributed by atoms with E-state index < -0.39 is 16.1 Å². The molecule has 1 atom stereocenters. The van der Waals surface area contributed by atoms with Gasteiger partial charge in [-0.15, -0.1) is 0 Å². The van der Waals surface area contributed by atoms with E-state index in [0.717, 1.165) is 42.0 Å². The van der Waals surface area contributed by atoms with Gasteiger partial charge >= 0.3 is 0 Å². The molecule has 10 heteroatoms. The zero-order valence-corrected chi connectivity index (χ0v) is 25.4. The second-order valence-corrected chi connectivity index (χ2v) is 13.2. The number of rotatable bonds is 11. The van der Waals surface area contributed by atoms with Crippen molar-refractivity contribution >= 4 is 55.1 Å². The highest BCUT2D eigenvalue weighted by atomic mass is 79.9. The lowest BCUT2D eigenvalue weighted by Crippen LogP contribution is -2.50. The van der Waals surface area contributed by atoms with Gasteiger partial charge in [-0.05, 0) is 68.5 Å². The average molecular weight is 627 g/mol. The fraction of sp³-hybridized carbons (Fsp3) is 0.500. The molecular weight excluding hydrogens is 590 g/mol. The molecule has 2 amide bonds. The van der Waals surface area contributed by atoms with Crippen LogP contribution in [0.15, 0.2) is 46.9 Å². The molecule has 2 aromatic rings. The van der Waals surface area contributed by atoms with Crippen molar-refractivity contribution in [2.24, 2.45) is 0 Å². The van der Waals surface area contributed by atoms with Crippen LogP contribution in [0.2, 0.25) is 5.02 Å². The highest BCUT2D eigenvalue weighted by Gasteiger charge is 2.28. The molecule has 7 nitrogen and oxygen atoms in total. The van der Waals surface area contributed by atoms with E-state index in [2.05, 4.69) is 21.2 Å². The molecule has 1 aliphatic carbocycles. The molecule has 0 aromatic heterocycles. The summed E-state index contributed by atoms with van der Waals surface area (Å²) in [5, 5.41) is 3.61. The number of amides is 2. The third kappa shape index (κ3) is 8.45. The molecule has 2 aromatic carbocycles. The Labute approximate surface area is 240 Å². The Kier molecular flexibility index (Phi) is 11.1. The Bertz CT molecular complexity index is 1230. The summed E-state index contributed by atoms with van der Waals surface area (Å²) < 4.78 is 27.4. The van der Waals surface area contributed by atoms with E-state index in [-0.39, 0.29) is 37.4 Å². The SMILES string of the molecule is Cc1c(Cl)cccc1N(CCCC(=O)N(Cc1cccc(Br)c1)[C@H](C)C(=O)NC1CCCCC1)S(C)(=O)=O. The Balaban J connectivity index is 1.74. The Morgan fingerprint density at radius 1 is 1.13 bits per heavy atom. The Hall–Kier alpha value is -2.10. The third-order valence-corrected chi connectivity index (χ3v) is 9.10. The quantitative estimate of drug-likeness (QED) is 0.340. The fourth-order valence-electron chi connectivity index (χ4n) is 4.83. The largest absolute Gasteiger partial charge is 0.352 e. The van der Waals surface area contributed by atoms with Gasteiger partial charge in [-0.3, -0.25) is 13.9 Å². The van der Waals surface area contributed by atoms with E-state index in [1.165, 1.54) is 10.7 Å².